The molecule has 0 aliphatic heterocycles. The lowest BCUT2D eigenvalue weighted by Crippen LogP contribution is -2.40. The van der Waals surface area contributed by atoms with Crippen LogP contribution in [0.5, 0.6) is 0 Å². The zero-order chi connectivity index (χ0) is 16.4. The van der Waals surface area contributed by atoms with Crippen LogP contribution in [0.1, 0.15) is 88.5 Å². The predicted molar refractivity (Wildman–Crippen MR) is 90.9 cm³/mol. The van der Waals surface area contributed by atoms with Gasteiger partial charge in [0.2, 0.25) is 0 Å². The standard InChI is InChI=1S/C14H28O.C5H12/c1-13(2,3)10-7-8-12(15)11(9-10)14(4,5)6;1-5(2,3)4/h10-12,15H,7-9H2,1-6H3;1-4H3. The maximum atomic E-state index is 10.1. The summed E-state index contributed by atoms with van der Waals surface area (Å²) in [6.07, 6.45) is 3.29. The lowest BCUT2D eigenvalue weighted by molar-refractivity contribution is -0.0288. The van der Waals surface area contributed by atoms with Crippen molar-refractivity contribution in [2.45, 2.75) is 94.6 Å². The monoisotopic (exact) mass is 284 g/mol. The van der Waals surface area contributed by atoms with E-state index in [0.29, 0.717) is 16.7 Å². The molecule has 1 nitrogen and oxygen atoms in total. The molecule has 3 atom stereocenters. The highest BCUT2D eigenvalue weighted by Gasteiger charge is 2.40. The number of hydrogen-bond donors (Lipinski definition) is 1. The smallest absolute Gasteiger partial charge is 0.0573 e. The molecule has 0 heterocycles. The number of hydrogen-bond acceptors (Lipinski definition) is 1. The van der Waals surface area contributed by atoms with Gasteiger partial charge in [0.15, 0.2) is 0 Å². The van der Waals surface area contributed by atoms with Crippen molar-refractivity contribution in [2.24, 2.45) is 28.1 Å². The third kappa shape index (κ3) is 8.29. The summed E-state index contributed by atoms with van der Waals surface area (Å²) in [6, 6.07) is 0. The van der Waals surface area contributed by atoms with Crippen molar-refractivity contribution >= 4 is 0 Å². The SMILES string of the molecule is CC(C)(C)C.CC(C)(C)C1CCC(O)C(C(C)(C)C)C1. The van der Waals surface area contributed by atoms with Gasteiger partial charge in [-0.15, -0.1) is 0 Å². The second-order valence-corrected chi connectivity index (χ2v) is 10.4. The molecule has 1 heteroatoms. The molecule has 0 amide bonds. The van der Waals surface area contributed by atoms with Gasteiger partial charge in [0.05, 0.1) is 6.10 Å². The van der Waals surface area contributed by atoms with Crippen molar-refractivity contribution in [1.82, 2.24) is 0 Å². The van der Waals surface area contributed by atoms with Crippen LogP contribution in [0.3, 0.4) is 0 Å². The Morgan fingerprint density at radius 2 is 1.10 bits per heavy atom. The summed E-state index contributed by atoms with van der Waals surface area (Å²) in [4.78, 5) is 0. The van der Waals surface area contributed by atoms with Crippen LogP contribution in [-0.4, -0.2) is 11.2 Å². The van der Waals surface area contributed by atoms with E-state index >= 15 is 0 Å². The summed E-state index contributed by atoms with van der Waals surface area (Å²) >= 11 is 0. The van der Waals surface area contributed by atoms with Crippen LogP contribution in [0.2, 0.25) is 0 Å². The first-order chi connectivity index (χ1) is 8.62. The molecule has 1 saturated carbocycles. The first-order valence-electron chi connectivity index (χ1n) is 8.30. The minimum Gasteiger partial charge on any atom is -0.393 e. The van der Waals surface area contributed by atoms with E-state index in [2.05, 4.69) is 69.2 Å². The van der Waals surface area contributed by atoms with Crippen molar-refractivity contribution in [2.75, 3.05) is 0 Å². The summed E-state index contributed by atoms with van der Waals surface area (Å²) in [5.74, 6) is 1.24. The zero-order valence-corrected chi connectivity index (χ0v) is 15.8. The first-order valence-corrected chi connectivity index (χ1v) is 8.30. The van der Waals surface area contributed by atoms with Crippen LogP contribution in [-0.2, 0) is 0 Å². The topological polar surface area (TPSA) is 20.2 Å². The van der Waals surface area contributed by atoms with Crippen LogP contribution in [0.25, 0.3) is 0 Å². The molecule has 1 N–H and O–H groups in total. The highest BCUT2D eigenvalue weighted by atomic mass is 16.3. The maximum absolute atomic E-state index is 10.1. The Morgan fingerprint density at radius 1 is 0.700 bits per heavy atom. The van der Waals surface area contributed by atoms with Gasteiger partial charge in [-0.25, -0.2) is 0 Å². The first kappa shape index (κ1) is 20.0. The molecular weight excluding hydrogens is 244 g/mol. The van der Waals surface area contributed by atoms with Crippen molar-refractivity contribution in [3.63, 3.8) is 0 Å². The Labute approximate surface area is 128 Å². The van der Waals surface area contributed by atoms with Crippen molar-refractivity contribution < 1.29 is 5.11 Å². The Kier molecular flexibility index (Phi) is 6.80. The van der Waals surface area contributed by atoms with Gasteiger partial charge in [0.25, 0.3) is 0 Å². The second kappa shape index (κ2) is 6.81. The number of aliphatic hydroxyl groups excluding tert-OH is 1. The summed E-state index contributed by atoms with van der Waals surface area (Å²) in [6.45, 7) is 22.5. The molecule has 1 rings (SSSR count). The van der Waals surface area contributed by atoms with E-state index in [1.54, 1.807) is 0 Å². The summed E-state index contributed by atoms with van der Waals surface area (Å²) < 4.78 is 0. The molecule has 1 fully saturated rings. The van der Waals surface area contributed by atoms with Crippen LogP contribution in [0, 0.1) is 28.1 Å². The van der Waals surface area contributed by atoms with Crippen molar-refractivity contribution in [3.05, 3.63) is 0 Å². The lowest BCUT2D eigenvalue weighted by atomic mass is 9.62. The van der Waals surface area contributed by atoms with Gasteiger partial charge in [0, 0.05) is 0 Å². The second-order valence-electron chi connectivity index (χ2n) is 10.4. The van der Waals surface area contributed by atoms with E-state index < -0.39 is 0 Å². The molecule has 1 aliphatic carbocycles. The maximum Gasteiger partial charge on any atom is 0.0573 e. The Hall–Kier alpha value is -0.0400. The molecule has 1 aliphatic rings. The highest BCUT2D eigenvalue weighted by molar-refractivity contribution is 4.90. The molecule has 0 spiro atoms. The molecule has 122 valence electrons. The minimum absolute atomic E-state index is 0.0800. The summed E-state index contributed by atoms with van der Waals surface area (Å²) in [5, 5.41) is 10.1. The van der Waals surface area contributed by atoms with E-state index in [4.69, 9.17) is 0 Å². The third-order valence-corrected chi connectivity index (χ3v) is 4.15. The molecular formula is C19H40O. The normalized spacial score (nSPS) is 28.6. The Balaban J connectivity index is 0.000000621. The summed E-state index contributed by atoms with van der Waals surface area (Å²) in [5.41, 5.74) is 1.13. The Morgan fingerprint density at radius 3 is 1.40 bits per heavy atom. The number of aliphatic hydroxyl groups is 1. The van der Waals surface area contributed by atoms with Gasteiger partial charge in [0.1, 0.15) is 0 Å². The molecule has 0 aromatic heterocycles. The molecule has 0 bridgehead atoms. The zero-order valence-electron chi connectivity index (χ0n) is 15.8. The molecule has 0 aromatic carbocycles. The van der Waals surface area contributed by atoms with Gasteiger partial charge in [-0.05, 0) is 47.3 Å². The van der Waals surface area contributed by atoms with Gasteiger partial charge < -0.3 is 5.11 Å². The van der Waals surface area contributed by atoms with Crippen molar-refractivity contribution in [1.29, 1.82) is 0 Å². The molecule has 0 saturated heterocycles. The van der Waals surface area contributed by atoms with E-state index in [9.17, 15) is 5.11 Å². The van der Waals surface area contributed by atoms with E-state index in [0.717, 1.165) is 12.3 Å². The number of rotatable bonds is 0. The molecule has 3 unspecified atom stereocenters. The van der Waals surface area contributed by atoms with Gasteiger partial charge in [-0.1, -0.05) is 69.2 Å². The van der Waals surface area contributed by atoms with Gasteiger partial charge in [-0.3, -0.25) is 0 Å². The minimum atomic E-state index is -0.0800. The quantitative estimate of drug-likeness (QED) is 0.586. The average Bonchev–Trinajstić information content (AvgIpc) is 2.11. The van der Waals surface area contributed by atoms with E-state index in [-0.39, 0.29) is 11.5 Å². The molecule has 0 aromatic rings. The molecule has 0 radical (unpaired) electrons. The Bertz CT molecular complexity index is 266. The van der Waals surface area contributed by atoms with Crippen LogP contribution in [0.4, 0.5) is 0 Å². The fourth-order valence-electron chi connectivity index (χ4n) is 2.87. The highest BCUT2D eigenvalue weighted by Crippen LogP contribution is 2.46. The van der Waals surface area contributed by atoms with Gasteiger partial charge >= 0.3 is 0 Å². The van der Waals surface area contributed by atoms with Crippen LogP contribution < -0.4 is 0 Å². The average molecular weight is 285 g/mol. The van der Waals surface area contributed by atoms with E-state index in [1.165, 1.54) is 12.8 Å². The third-order valence-electron chi connectivity index (χ3n) is 4.15. The van der Waals surface area contributed by atoms with Crippen molar-refractivity contribution in [3.8, 4) is 0 Å². The predicted octanol–water partition coefficient (Wildman–Crippen LogP) is 5.91. The van der Waals surface area contributed by atoms with Crippen LogP contribution in [0.15, 0.2) is 0 Å². The molecule has 20 heavy (non-hydrogen) atoms. The van der Waals surface area contributed by atoms with Crippen LogP contribution >= 0.6 is 0 Å². The summed E-state index contributed by atoms with van der Waals surface area (Å²) in [7, 11) is 0. The van der Waals surface area contributed by atoms with E-state index in [1.807, 2.05) is 0 Å². The fraction of sp³-hybridized carbons (Fsp3) is 1.00. The largest absolute Gasteiger partial charge is 0.393 e. The fourth-order valence-corrected chi connectivity index (χ4v) is 2.87. The van der Waals surface area contributed by atoms with Gasteiger partial charge in [-0.2, -0.15) is 0 Å². The lowest BCUT2D eigenvalue weighted by Gasteiger charge is -2.45.